The van der Waals surface area contributed by atoms with Gasteiger partial charge in [-0.3, -0.25) is 9.59 Å². The van der Waals surface area contributed by atoms with Gasteiger partial charge in [-0.1, -0.05) is 6.07 Å². The second-order valence-corrected chi connectivity index (χ2v) is 3.90. The number of ether oxygens (including phenoxy) is 1. The Balaban J connectivity index is 3.06. The Hall–Kier alpha value is -1.13. The summed E-state index contributed by atoms with van der Waals surface area (Å²) in [5.41, 5.74) is 1.08. The molecule has 1 aromatic rings. The van der Waals surface area contributed by atoms with Crippen LogP contribution in [0.1, 0.15) is 11.3 Å². The van der Waals surface area contributed by atoms with E-state index < -0.39 is 5.24 Å². The zero-order valence-corrected chi connectivity index (χ0v) is 10.1. The Bertz CT molecular complexity index is 439. The van der Waals surface area contributed by atoms with Crippen molar-refractivity contribution in [1.29, 1.82) is 0 Å². The van der Waals surface area contributed by atoms with Crippen LogP contribution in [0.15, 0.2) is 16.9 Å². The van der Waals surface area contributed by atoms with Crippen LogP contribution in [-0.4, -0.2) is 23.5 Å². The highest BCUT2D eigenvalue weighted by molar-refractivity contribution is 6.63. The quantitative estimate of drug-likeness (QED) is 0.728. The number of aromatic nitrogens is 1. The molecule has 1 aromatic heterocycles. The van der Waals surface area contributed by atoms with Crippen LogP contribution in [0.2, 0.25) is 0 Å². The van der Waals surface area contributed by atoms with Gasteiger partial charge in [0.1, 0.15) is 0 Å². The minimum atomic E-state index is -0.528. The first-order valence-electron chi connectivity index (χ1n) is 4.93. The number of rotatable bonds is 5. The van der Waals surface area contributed by atoms with Gasteiger partial charge in [0.15, 0.2) is 0 Å². The van der Waals surface area contributed by atoms with Crippen LogP contribution in [-0.2, 0) is 22.5 Å². The molecule has 16 heavy (non-hydrogen) atoms. The Morgan fingerprint density at radius 1 is 1.50 bits per heavy atom. The first-order valence-corrected chi connectivity index (χ1v) is 5.30. The van der Waals surface area contributed by atoms with E-state index in [4.69, 9.17) is 16.3 Å². The molecule has 0 fully saturated rings. The average molecular weight is 244 g/mol. The molecule has 0 N–H and O–H groups in total. The van der Waals surface area contributed by atoms with Gasteiger partial charge in [0.2, 0.25) is 5.24 Å². The molecule has 88 valence electrons. The van der Waals surface area contributed by atoms with Gasteiger partial charge in [-0.05, 0) is 24.6 Å². The van der Waals surface area contributed by atoms with Crippen LogP contribution in [0.3, 0.4) is 0 Å². The van der Waals surface area contributed by atoms with Crippen molar-refractivity contribution in [2.75, 3.05) is 13.7 Å². The molecule has 0 spiro atoms. The van der Waals surface area contributed by atoms with E-state index in [1.54, 1.807) is 23.8 Å². The maximum absolute atomic E-state index is 11.9. The zero-order valence-electron chi connectivity index (χ0n) is 9.33. The second-order valence-electron chi connectivity index (χ2n) is 3.48. The predicted molar refractivity (Wildman–Crippen MR) is 61.9 cm³/mol. The summed E-state index contributed by atoms with van der Waals surface area (Å²) in [6, 6.07) is 3.44. The highest BCUT2D eigenvalue weighted by Gasteiger charge is 2.08. The fourth-order valence-corrected chi connectivity index (χ4v) is 1.60. The summed E-state index contributed by atoms with van der Waals surface area (Å²) in [4.78, 5) is 22.7. The Morgan fingerprint density at radius 2 is 2.19 bits per heavy atom. The van der Waals surface area contributed by atoms with Crippen LogP contribution in [0.25, 0.3) is 0 Å². The summed E-state index contributed by atoms with van der Waals surface area (Å²) in [5.74, 6) is 0. The molecule has 0 saturated carbocycles. The SMILES string of the molecule is COCCn1c(C)ccc(CC(=O)Cl)c1=O. The van der Waals surface area contributed by atoms with Crippen molar-refractivity contribution in [2.24, 2.45) is 0 Å². The maximum Gasteiger partial charge on any atom is 0.254 e. The van der Waals surface area contributed by atoms with Crippen LogP contribution in [0.5, 0.6) is 0 Å². The lowest BCUT2D eigenvalue weighted by atomic mass is 10.2. The van der Waals surface area contributed by atoms with Crippen molar-refractivity contribution in [3.63, 3.8) is 0 Å². The van der Waals surface area contributed by atoms with E-state index in [0.717, 1.165) is 5.69 Å². The Morgan fingerprint density at radius 3 is 2.75 bits per heavy atom. The molecule has 0 saturated heterocycles. The van der Waals surface area contributed by atoms with Crippen LogP contribution >= 0.6 is 11.6 Å². The number of pyridine rings is 1. The van der Waals surface area contributed by atoms with E-state index >= 15 is 0 Å². The lowest BCUT2D eigenvalue weighted by molar-refractivity contribution is -0.111. The van der Waals surface area contributed by atoms with E-state index in [-0.39, 0.29) is 12.0 Å². The average Bonchev–Trinajstić information content (AvgIpc) is 2.22. The molecule has 0 radical (unpaired) electrons. The van der Waals surface area contributed by atoms with Crippen molar-refractivity contribution >= 4 is 16.8 Å². The topological polar surface area (TPSA) is 48.3 Å². The lowest BCUT2D eigenvalue weighted by Crippen LogP contribution is -2.27. The molecule has 1 heterocycles. The molecule has 5 heteroatoms. The summed E-state index contributed by atoms with van der Waals surface area (Å²) >= 11 is 5.27. The standard InChI is InChI=1S/C11H14ClNO3/c1-8-3-4-9(7-10(12)14)11(15)13(8)5-6-16-2/h3-4H,5-7H2,1-2H3. The van der Waals surface area contributed by atoms with Crippen LogP contribution < -0.4 is 5.56 Å². The zero-order chi connectivity index (χ0) is 12.1. The van der Waals surface area contributed by atoms with Crippen molar-refractivity contribution in [1.82, 2.24) is 4.57 Å². The maximum atomic E-state index is 11.9. The molecular formula is C11H14ClNO3. The van der Waals surface area contributed by atoms with Crippen molar-refractivity contribution < 1.29 is 9.53 Å². The molecule has 0 unspecified atom stereocenters. The highest BCUT2D eigenvalue weighted by Crippen LogP contribution is 2.01. The van der Waals surface area contributed by atoms with Gasteiger partial charge >= 0.3 is 0 Å². The van der Waals surface area contributed by atoms with Crippen molar-refractivity contribution in [3.05, 3.63) is 33.7 Å². The number of nitrogens with zero attached hydrogens (tertiary/aromatic N) is 1. The Labute approximate surface area is 98.8 Å². The Kier molecular flexibility index (Phi) is 4.71. The molecular weight excluding hydrogens is 230 g/mol. The third-order valence-corrected chi connectivity index (χ3v) is 2.45. The van der Waals surface area contributed by atoms with Crippen molar-refractivity contribution in [3.8, 4) is 0 Å². The van der Waals surface area contributed by atoms with Crippen LogP contribution in [0, 0.1) is 6.92 Å². The predicted octanol–water partition coefficient (Wildman–Crippen LogP) is 1.11. The highest BCUT2D eigenvalue weighted by atomic mass is 35.5. The second kappa shape index (κ2) is 5.82. The number of hydrogen-bond acceptors (Lipinski definition) is 3. The number of halogens is 1. The van der Waals surface area contributed by atoms with Gasteiger partial charge in [-0.2, -0.15) is 0 Å². The van der Waals surface area contributed by atoms with Gasteiger partial charge in [-0.25, -0.2) is 0 Å². The first kappa shape index (κ1) is 12.9. The molecule has 0 aliphatic carbocycles. The first-order chi connectivity index (χ1) is 7.56. The monoisotopic (exact) mass is 243 g/mol. The van der Waals surface area contributed by atoms with E-state index in [0.29, 0.717) is 18.7 Å². The fourth-order valence-electron chi connectivity index (χ4n) is 1.46. The van der Waals surface area contributed by atoms with E-state index in [1.165, 1.54) is 0 Å². The molecule has 0 bridgehead atoms. The summed E-state index contributed by atoms with van der Waals surface area (Å²) < 4.78 is 6.51. The van der Waals surface area contributed by atoms with E-state index in [9.17, 15) is 9.59 Å². The largest absolute Gasteiger partial charge is 0.383 e. The summed E-state index contributed by atoms with van der Waals surface area (Å²) in [6.45, 7) is 2.77. The third-order valence-electron chi connectivity index (χ3n) is 2.32. The lowest BCUT2D eigenvalue weighted by Gasteiger charge is -2.10. The number of carbonyl (C=O) groups is 1. The minimum absolute atomic E-state index is 0.0341. The smallest absolute Gasteiger partial charge is 0.254 e. The van der Waals surface area contributed by atoms with Gasteiger partial charge in [-0.15, -0.1) is 0 Å². The number of hydrogen-bond donors (Lipinski definition) is 0. The molecule has 0 aliphatic rings. The van der Waals surface area contributed by atoms with Gasteiger partial charge < -0.3 is 9.30 Å². The summed E-state index contributed by atoms with van der Waals surface area (Å²) in [7, 11) is 1.58. The third kappa shape index (κ3) is 3.18. The van der Waals surface area contributed by atoms with Gasteiger partial charge in [0.05, 0.1) is 13.0 Å². The normalized spacial score (nSPS) is 10.4. The molecule has 0 amide bonds. The molecule has 0 aliphatic heterocycles. The van der Waals surface area contributed by atoms with Gasteiger partial charge in [0.25, 0.3) is 5.56 Å². The molecule has 0 atom stereocenters. The number of methoxy groups -OCH3 is 1. The number of carbonyl (C=O) groups excluding carboxylic acids is 1. The van der Waals surface area contributed by atoms with Crippen LogP contribution in [0.4, 0.5) is 0 Å². The summed E-state index contributed by atoms with van der Waals surface area (Å²) in [5, 5.41) is -0.528. The molecule has 1 rings (SSSR count). The van der Waals surface area contributed by atoms with E-state index in [2.05, 4.69) is 0 Å². The molecule has 4 nitrogen and oxygen atoms in total. The number of aryl methyl sites for hydroxylation is 1. The van der Waals surface area contributed by atoms with Crippen molar-refractivity contribution in [2.45, 2.75) is 19.9 Å². The minimum Gasteiger partial charge on any atom is -0.383 e. The molecule has 0 aromatic carbocycles. The van der Waals surface area contributed by atoms with Gasteiger partial charge in [0, 0.05) is 24.9 Å². The fraction of sp³-hybridized carbons (Fsp3) is 0.455. The van der Waals surface area contributed by atoms with E-state index in [1.807, 2.05) is 6.92 Å². The summed E-state index contributed by atoms with van der Waals surface area (Å²) in [6.07, 6.45) is -0.0341.